The van der Waals surface area contributed by atoms with E-state index in [1.165, 1.54) is 26.2 Å². The lowest BCUT2D eigenvalue weighted by Crippen LogP contribution is -2.50. The summed E-state index contributed by atoms with van der Waals surface area (Å²) in [7, 11) is -2.11. The third kappa shape index (κ3) is 5.04. The Labute approximate surface area is 212 Å². The van der Waals surface area contributed by atoms with E-state index < -0.39 is 21.7 Å². The third-order valence-corrected chi connectivity index (χ3v) is 9.44. The molecule has 1 amide bonds. The van der Waals surface area contributed by atoms with Crippen LogP contribution in [0.1, 0.15) is 15.9 Å². The second-order valence-corrected chi connectivity index (χ2v) is 11.7. The Morgan fingerprint density at radius 1 is 1.20 bits per heavy atom. The van der Waals surface area contributed by atoms with Crippen LogP contribution in [0.3, 0.4) is 0 Å². The van der Waals surface area contributed by atoms with Gasteiger partial charge >= 0.3 is 0 Å². The number of carbonyl (C=O) groups is 1. The summed E-state index contributed by atoms with van der Waals surface area (Å²) < 4.78 is 43.4. The van der Waals surface area contributed by atoms with E-state index in [9.17, 15) is 17.6 Å². The summed E-state index contributed by atoms with van der Waals surface area (Å²) in [5.74, 6) is 1.20. The van der Waals surface area contributed by atoms with Crippen LogP contribution in [0.4, 0.5) is 4.39 Å². The van der Waals surface area contributed by atoms with Gasteiger partial charge in [-0.2, -0.15) is 4.31 Å². The minimum absolute atomic E-state index is 0.0446. The second-order valence-electron chi connectivity index (χ2n) is 8.05. The van der Waals surface area contributed by atoms with Gasteiger partial charge in [-0.15, -0.1) is 17.8 Å². The van der Waals surface area contributed by atoms with Crippen molar-refractivity contribution >= 4 is 54.8 Å². The Kier molecular flexibility index (Phi) is 7.15. The van der Waals surface area contributed by atoms with Crippen molar-refractivity contribution < 1.29 is 17.6 Å². The van der Waals surface area contributed by atoms with Gasteiger partial charge in [0.25, 0.3) is 15.9 Å². The molecule has 11 heteroatoms. The number of carbonyl (C=O) groups excluding carboxylic acids is 1. The first-order valence-corrected chi connectivity index (χ1v) is 13.3. The number of benzene rings is 2. The highest BCUT2D eigenvalue weighted by Crippen LogP contribution is 2.33. The number of amides is 1. The Bertz CT molecular complexity index is 1460. The minimum atomic E-state index is -3.73. The predicted molar refractivity (Wildman–Crippen MR) is 136 cm³/mol. The lowest BCUT2D eigenvalue weighted by Gasteiger charge is -2.33. The van der Waals surface area contributed by atoms with Gasteiger partial charge < -0.3 is 9.80 Å². The van der Waals surface area contributed by atoms with E-state index in [0.29, 0.717) is 10.6 Å². The normalized spacial score (nSPS) is 14.6. The molecule has 182 valence electrons. The number of halogens is 2. The van der Waals surface area contributed by atoms with Crippen molar-refractivity contribution in [3.63, 3.8) is 0 Å². The lowest BCUT2D eigenvalue weighted by atomic mass is 10.1. The quantitative estimate of drug-likeness (QED) is 0.308. The van der Waals surface area contributed by atoms with Gasteiger partial charge in [-0.1, -0.05) is 29.7 Å². The molecule has 2 heterocycles. The van der Waals surface area contributed by atoms with Crippen LogP contribution in [0.15, 0.2) is 46.7 Å². The molecule has 0 radical (unpaired) electrons. The number of nitrogens with zero attached hydrogens (tertiary/aromatic N) is 3. The highest BCUT2D eigenvalue weighted by Gasteiger charge is 2.32. The molecule has 1 fully saturated rings. The number of sulfonamides is 1. The van der Waals surface area contributed by atoms with E-state index in [0.717, 1.165) is 27.5 Å². The number of rotatable bonds is 5. The topological polar surface area (TPSA) is 84.8 Å². The Hall–Kier alpha value is -2.97. The Morgan fingerprint density at radius 3 is 2.57 bits per heavy atom. The van der Waals surface area contributed by atoms with E-state index in [2.05, 4.69) is 5.92 Å². The average Bonchev–Trinajstić information content (AvgIpc) is 3.27. The fourth-order valence-electron chi connectivity index (χ4n) is 3.81. The van der Waals surface area contributed by atoms with Crippen LogP contribution in [0.25, 0.3) is 10.1 Å². The number of piperazine rings is 1. The standard InChI is InChI=1S/C24H22ClFN4O3S2/c1-3-8-28(2)23(27)17-5-7-19(20(26)13-17)24(31)29-9-11-30(12-10-29)35(32,33)22-14-16-4-6-18(25)15-21(16)34-22/h1,4-7,13-15,27H,8-12H2,2H3. The molecule has 0 saturated carbocycles. The van der Waals surface area contributed by atoms with Gasteiger partial charge in [-0.25, -0.2) is 12.8 Å². The van der Waals surface area contributed by atoms with E-state index in [-0.39, 0.29) is 48.3 Å². The van der Waals surface area contributed by atoms with Crippen LogP contribution < -0.4 is 0 Å². The highest BCUT2D eigenvalue weighted by atomic mass is 35.5. The van der Waals surface area contributed by atoms with Gasteiger partial charge in [0.2, 0.25) is 0 Å². The summed E-state index contributed by atoms with van der Waals surface area (Å²) in [5, 5.41) is 9.44. The molecule has 3 aromatic rings. The van der Waals surface area contributed by atoms with Crippen LogP contribution in [0.5, 0.6) is 0 Å². The number of amidine groups is 1. The fourth-order valence-corrected chi connectivity index (χ4v) is 7.06. The van der Waals surface area contributed by atoms with Crippen molar-refractivity contribution in [3.05, 3.63) is 64.4 Å². The molecule has 0 aliphatic carbocycles. The summed E-state index contributed by atoms with van der Waals surface area (Å²) >= 11 is 7.16. The molecule has 1 N–H and O–H groups in total. The maximum absolute atomic E-state index is 14.8. The van der Waals surface area contributed by atoms with E-state index in [1.807, 2.05) is 0 Å². The maximum Gasteiger partial charge on any atom is 0.256 e. The number of nitrogens with one attached hydrogen (secondary N) is 1. The molecule has 1 aliphatic rings. The van der Waals surface area contributed by atoms with Crippen molar-refractivity contribution in [1.82, 2.24) is 14.1 Å². The van der Waals surface area contributed by atoms with E-state index >= 15 is 0 Å². The van der Waals surface area contributed by atoms with Crippen LogP contribution in [-0.4, -0.2) is 74.0 Å². The summed E-state index contributed by atoms with van der Waals surface area (Å²) in [5.41, 5.74) is 0.177. The van der Waals surface area contributed by atoms with Gasteiger partial charge in [0.05, 0.1) is 12.1 Å². The van der Waals surface area contributed by atoms with Crippen LogP contribution in [0.2, 0.25) is 5.02 Å². The molecule has 4 rings (SSSR count). The van der Waals surface area contributed by atoms with E-state index in [4.69, 9.17) is 23.4 Å². The first-order chi connectivity index (χ1) is 16.6. The number of fused-ring (bicyclic) bond motifs is 1. The van der Waals surface area contributed by atoms with Gasteiger partial charge in [0.15, 0.2) is 0 Å². The van der Waals surface area contributed by atoms with Gasteiger partial charge in [-0.05, 0) is 35.7 Å². The first-order valence-electron chi connectivity index (χ1n) is 10.6. The molecule has 0 bridgehead atoms. The van der Waals surface area contributed by atoms with Crippen molar-refractivity contribution in [2.75, 3.05) is 39.8 Å². The second kappa shape index (κ2) is 9.95. The molecule has 0 unspecified atom stereocenters. The van der Waals surface area contributed by atoms with Gasteiger partial charge in [0.1, 0.15) is 15.9 Å². The van der Waals surface area contributed by atoms with Crippen LogP contribution >= 0.6 is 22.9 Å². The monoisotopic (exact) mass is 532 g/mol. The largest absolute Gasteiger partial charge is 0.349 e. The van der Waals surface area contributed by atoms with Crippen LogP contribution in [-0.2, 0) is 10.0 Å². The summed E-state index contributed by atoms with van der Waals surface area (Å²) in [6.45, 7) is 0.672. The zero-order valence-electron chi connectivity index (χ0n) is 18.8. The fraction of sp³-hybridized carbons (Fsp3) is 0.250. The molecule has 35 heavy (non-hydrogen) atoms. The van der Waals surface area contributed by atoms with Gasteiger partial charge in [0, 0.05) is 48.5 Å². The Morgan fingerprint density at radius 2 is 1.91 bits per heavy atom. The van der Waals surface area contributed by atoms with Crippen molar-refractivity contribution in [1.29, 1.82) is 5.41 Å². The van der Waals surface area contributed by atoms with Gasteiger partial charge in [-0.3, -0.25) is 10.2 Å². The Balaban J connectivity index is 1.45. The number of thiophene rings is 1. The van der Waals surface area contributed by atoms with Crippen molar-refractivity contribution in [2.45, 2.75) is 4.21 Å². The summed E-state index contributed by atoms with van der Waals surface area (Å²) in [6.07, 6.45) is 5.26. The molecule has 7 nitrogen and oxygen atoms in total. The third-order valence-electron chi connectivity index (χ3n) is 5.76. The summed E-state index contributed by atoms with van der Waals surface area (Å²) in [4.78, 5) is 15.9. The molecular formula is C24H22ClFN4O3S2. The molecule has 1 aliphatic heterocycles. The zero-order valence-corrected chi connectivity index (χ0v) is 21.2. The highest BCUT2D eigenvalue weighted by molar-refractivity contribution is 7.91. The molecule has 2 aromatic carbocycles. The number of hydrogen-bond acceptors (Lipinski definition) is 5. The molecule has 0 spiro atoms. The number of hydrogen-bond donors (Lipinski definition) is 1. The maximum atomic E-state index is 14.8. The average molecular weight is 533 g/mol. The molecule has 1 aromatic heterocycles. The molecule has 1 saturated heterocycles. The summed E-state index contributed by atoms with van der Waals surface area (Å²) in [6, 6.07) is 10.8. The predicted octanol–water partition coefficient (Wildman–Crippen LogP) is 3.73. The number of terminal acetylenes is 1. The first kappa shape index (κ1) is 25.1. The zero-order chi connectivity index (χ0) is 25.3. The van der Waals surface area contributed by atoms with Crippen molar-refractivity contribution in [2.24, 2.45) is 0 Å². The minimum Gasteiger partial charge on any atom is -0.349 e. The SMILES string of the molecule is C#CCN(C)C(=N)c1ccc(C(=O)N2CCN(S(=O)(=O)c3cc4ccc(Cl)cc4s3)CC2)c(F)c1. The smallest absolute Gasteiger partial charge is 0.256 e. The van der Waals surface area contributed by atoms with Crippen LogP contribution in [0, 0.1) is 23.6 Å². The molecular weight excluding hydrogens is 511 g/mol. The van der Waals surface area contributed by atoms with Crippen molar-refractivity contribution in [3.8, 4) is 12.3 Å². The van der Waals surface area contributed by atoms with E-state index in [1.54, 1.807) is 31.3 Å². The lowest BCUT2D eigenvalue weighted by molar-refractivity contribution is 0.0693. The molecule has 0 atom stereocenters.